The van der Waals surface area contributed by atoms with Gasteiger partial charge in [-0.2, -0.15) is 5.26 Å². The van der Waals surface area contributed by atoms with E-state index >= 15 is 0 Å². The lowest BCUT2D eigenvalue weighted by molar-refractivity contribution is 1.37. The highest BCUT2D eigenvalue weighted by molar-refractivity contribution is 7.11. The van der Waals surface area contributed by atoms with Crippen molar-refractivity contribution in [1.29, 1.82) is 5.26 Å². The first-order chi connectivity index (χ1) is 11.6. The number of aromatic nitrogens is 1. The molecule has 0 saturated carbocycles. The lowest BCUT2D eigenvalue weighted by Gasteiger charge is -2.01. The molecule has 0 aliphatic carbocycles. The maximum absolute atomic E-state index is 9.50. The fourth-order valence-electron chi connectivity index (χ4n) is 2.23. The number of nitriles is 1. The second-order valence-corrected chi connectivity index (χ2v) is 6.87. The van der Waals surface area contributed by atoms with Gasteiger partial charge in [0.2, 0.25) is 0 Å². The van der Waals surface area contributed by atoms with E-state index in [0.29, 0.717) is 20.6 Å². The Bertz CT molecular complexity index is 967. The van der Waals surface area contributed by atoms with Gasteiger partial charge in [-0.25, -0.2) is 4.98 Å². The third-order valence-electron chi connectivity index (χ3n) is 3.56. The van der Waals surface area contributed by atoms with Gasteiger partial charge >= 0.3 is 0 Å². The standard InChI is InChI=1S/C19H12Cl2N2S/c1-12-4-2-3-5-13(12)8-15(10-22)19-23-18(11-24-19)14-6-7-16(20)17(21)9-14/h2-9,11H,1H3. The molecule has 0 N–H and O–H groups in total. The number of halogens is 2. The molecule has 1 aromatic heterocycles. The molecule has 0 atom stereocenters. The van der Waals surface area contributed by atoms with E-state index in [9.17, 15) is 5.26 Å². The SMILES string of the molecule is Cc1ccccc1C=C(C#N)c1nc(-c2ccc(Cl)c(Cl)c2)cs1. The van der Waals surface area contributed by atoms with E-state index in [1.807, 2.05) is 48.7 Å². The molecule has 0 aliphatic rings. The molecule has 3 aromatic rings. The zero-order valence-corrected chi connectivity index (χ0v) is 15.1. The van der Waals surface area contributed by atoms with Crippen LogP contribution in [-0.4, -0.2) is 4.98 Å². The van der Waals surface area contributed by atoms with Crippen LogP contribution < -0.4 is 0 Å². The Morgan fingerprint density at radius 3 is 2.67 bits per heavy atom. The summed E-state index contributed by atoms with van der Waals surface area (Å²) in [7, 11) is 0. The first-order valence-electron chi connectivity index (χ1n) is 7.17. The average molecular weight is 371 g/mol. The predicted octanol–water partition coefficient (Wildman–Crippen LogP) is 6.49. The lowest BCUT2D eigenvalue weighted by Crippen LogP contribution is -1.85. The average Bonchev–Trinajstić information content (AvgIpc) is 3.06. The zero-order chi connectivity index (χ0) is 17.1. The van der Waals surface area contributed by atoms with Crippen molar-refractivity contribution in [2.45, 2.75) is 6.92 Å². The van der Waals surface area contributed by atoms with Crippen LogP contribution in [0.5, 0.6) is 0 Å². The van der Waals surface area contributed by atoms with Crippen molar-refractivity contribution in [2.75, 3.05) is 0 Å². The van der Waals surface area contributed by atoms with Crippen LogP contribution in [0.3, 0.4) is 0 Å². The molecule has 2 aromatic carbocycles. The van der Waals surface area contributed by atoms with Crippen LogP contribution >= 0.6 is 34.5 Å². The van der Waals surface area contributed by atoms with Crippen molar-refractivity contribution in [3.63, 3.8) is 0 Å². The second kappa shape index (κ2) is 7.19. The first kappa shape index (κ1) is 16.7. The number of nitrogens with zero attached hydrogens (tertiary/aromatic N) is 2. The highest BCUT2D eigenvalue weighted by Crippen LogP contribution is 2.31. The van der Waals surface area contributed by atoms with Gasteiger partial charge in [-0.05, 0) is 36.3 Å². The monoisotopic (exact) mass is 370 g/mol. The van der Waals surface area contributed by atoms with Gasteiger partial charge in [0.25, 0.3) is 0 Å². The van der Waals surface area contributed by atoms with Crippen LogP contribution in [0.15, 0.2) is 47.8 Å². The largest absolute Gasteiger partial charge is 0.235 e. The summed E-state index contributed by atoms with van der Waals surface area (Å²) in [6.45, 7) is 2.02. The van der Waals surface area contributed by atoms with Gasteiger partial charge in [0.15, 0.2) is 0 Å². The molecule has 0 spiro atoms. The Kier molecular flexibility index (Phi) is 5.01. The number of hydrogen-bond acceptors (Lipinski definition) is 3. The molecule has 0 radical (unpaired) electrons. The van der Waals surface area contributed by atoms with Crippen molar-refractivity contribution in [1.82, 2.24) is 4.98 Å². The van der Waals surface area contributed by atoms with Gasteiger partial charge in [0.05, 0.1) is 21.3 Å². The topological polar surface area (TPSA) is 36.7 Å². The molecule has 0 saturated heterocycles. The molecule has 0 unspecified atom stereocenters. The molecule has 118 valence electrons. The molecule has 2 nitrogen and oxygen atoms in total. The highest BCUT2D eigenvalue weighted by atomic mass is 35.5. The van der Waals surface area contributed by atoms with Crippen molar-refractivity contribution < 1.29 is 0 Å². The summed E-state index contributed by atoms with van der Waals surface area (Å²) in [4.78, 5) is 4.57. The normalized spacial score (nSPS) is 11.3. The first-order valence-corrected chi connectivity index (χ1v) is 8.81. The number of allylic oxidation sites excluding steroid dienone is 1. The van der Waals surface area contributed by atoms with Gasteiger partial charge in [0, 0.05) is 10.9 Å². The van der Waals surface area contributed by atoms with E-state index in [2.05, 4.69) is 11.1 Å². The summed E-state index contributed by atoms with van der Waals surface area (Å²) in [6.07, 6.45) is 1.87. The van der Waals surface area contributed by atoms with Crippen molar-refractivity contribution in [2.24, 2.45) is 0 Å². The third-order valence-corrected chi connectivity index (χ3v) is 5.17. The van der Waals surface area contributed by atoms with Gasteiger partial charge in [-0.15, -0.1) is 11.3 Å². The van der Waals surface area contributed by atoms with E-state index in [0.717, 1.165) is 22.4 Å². The number of rotatable bonds is 3. The van der Waals surface area contributed by atoms with Crippen LogP contribution in [0.25, 0.3) is 22.9 Å². The number of hydrogen-bond donors (Lipinski definition) is 0. The Hall–Kier alpha value is -2.12. The van der Waals surface area contributed by atoms with E-state index in [1.54, 1.807) is 12.1 Å². The molecular formula is C19H12Cl2N2S. The molecular weight excluding hydrogens is 359 g/mol. The molecule has 0 aliphatic heterocycles. The summed E-state index contributed by atoms with van der Waals surface area (Å²) >= 11 is 13.4. The minimum Gasteiger partial charge on any atom is -0.235 e. The molecule has 24 heavy (non-hydrogen) atoms. The van der Waals surface area contributed by atoms with Gasteiger partial charge < -0.3 is 0 Å². The van der Waals surface area contributed by atoms with Crippen LogP contribution in [0.2, 0.25) is 10.0 Å². The molecule has 1 heterocycles. The lowest BCUT2D eigenvalue weighted by atomic mass is 10.1. The number of aryl methyl sites for hydroxylation is 1. The highest BCUT2D eigenvalue weighted by Gasteiger charge is 2.10. The Labute approximate surface area is 154 Å². The Morgan fingerprint density at radius 2 is 1.96 bits per heavy atom. The Balaban J connectivity index is 1.98. The van der Waals surface area contributed by atoms with E-state index in [1.165, 1.54) is 11.3 Å². The van der Waals surface area contributed by atoms with Crippen LogP contribution in [0, 0.1) is 18.3 Å². The predicted molar refractivity (Wildman–Crippen MR) is 102 cm³/mol. The number of thiazole rings is 1. The molecule has 0 fully saturated rings. The van der Waals surface area contributed by atoms with Crippen molar-refractivity contribution in [3.05, 3.63) is 74.0 Å². The maximum atomic E-state index is 9.50. The number of benzene rings is 2. The van der Waals surface area contributed by atoms with Crippen LogP contribution in [-0.2, 0) is 0 Å². The summed E-state index contributed by atoms with van der Waals surface area (Å²) in [5, 5.41) is 13.1. The van der Waals surface area contributed by atoms with Crippen LogP contribution in [0.4, 0.5) is 0 Å². The summed E-state index contributed by atoms with van der Waals surface area (Å²) in [5.41, 5.74) is 4.33. The van der Waals surface area contributed by atoms with E-state index < -0.39 is 0 Å². The smallest absolute Gasteiger partial charge is 0.134 e. The maximum Gasteiger partial charge on any atom is 0.134 e. The summed E-state index contributed by atoms with van der Waals surface area (Å²) in [5.74, 6) is 0. The molecule has 3 rings (SSSR count). The Morgan fingerprint density at radius 1 is 1.17 bits per heavy atom. The zero-order valence-electron chi connectivity index (χ0n) is 12.8. The van der Waals surface area contributed by atoms with E-state index in [-0.39, 0.29) is 0 Å². The van der Waals surface area contributed by atoms with Crippen molar-refractivity contribution in [3.8, 4) is 17.3 Å². The quantitative estimate of drug-likeness (QED) is 0.494. The van der Waals surface area contributed by atoms with E-state index in [4.69, 9.17) is 23.2 Å². The fourth-order valence-corrected chi connectivity index (χ4v) is 3.32. The fraction of sp³-hybridized carbons (Fsp3) is 0.0526. The molecule has 0 amide bonds. The summed E-state index contributed by atoms with van der Waals surface area (Å²) < 4.78 is 0. The van der Waals surface area contributed by atoms with Gasteiger partial charge in [-0.3, -0.25) is 0 Å². The van der Waals surface area contributed by atoms with Gasteiger partial charge in [-0.1, -0.05) is 53.5 Å². The second-order valence-electron chi connectivity index (χ2n) is 5.19. The van der Waals surface area contributed by atoms with Gasteiger partial charge in [0.1, 0.15) is 11.1 Å². The minimum atomic E-state index is 0.486. The van der Waals surface area contributed by atoms with Crippen LogP contribution in [0.1, 0.15) is 16.1 Å². The van der Waals surface area contributed by atoms with Crippen molar-refractivity contribution >= 4 is 46.2 Å². The molecule has 0 bridgehead atoms. The molecule has 5 heteroatoms. The summed E-state index contributed by atoms with van der Waals surface area (Å²) in [6, 6.07) is 15.6. The third kappa shape index (κ3) is 3.52. The minimum absolute atomic E-state index is 0.486.